The summed E-state index contributed by atoms with van der Waals surface area (Å²) in [5, 5.41) is 7.71. The maximum Gasteiger partial charge on any atom is 0.130 e. The van der Waals surface area contributed by atoms with Crippen molar-refractivity contribution in [3.63, 3.8) is 0 Å². The molecule has 2 aromatic rings. The van der Waals surface area contributed by atoms with Crippen molar-refractivity contribution in [1.29, 1.82) is 0 Å². The van der Waals surface area contributed by atoms with Crippen molar-refractivity contribution in [3.8, 4) is 5.75 Å². The van der Waals surface area contributed by atoms with Gasteiger partial charge < -0.3 is 14.6 Å². The molecule has 4 nitrogen and oxygen atoms in total. The highest BCUT2D eigenvalue weighted by molar-refractivity contribution is 6.30. The van der Waals surface area contributed by atoms with Crippen LogP contribution in [0.1, 0.15) is 31.0 Å². The lowest BCUT2D eigenvalue weighted by atomic mass is 10.1. The molecule has 0 radical (unpaired) electrons. The van der Waals surface area contributed by atoms with Gasteiger partial charge in [-0.1, -0.05) is 23.7 Å². The third kappa shape index (κ3) is 3.72. The Balaban J connectivity index is 2.14. The van der Waals surface area contributed by atoms with Crippen molar-refractivity contribution in [3.05, 3.63) is 46.8 Å². The number of ether oxygens (including phenoxy) is 1. The summed E-state index contributed by atoms with van der Waals surface area (Å²) in [5.41, 5.74) is 1.95. The van der Waals surface area contributed by atoms with Crippen LogP contribution in [0.5, 0.6) is 5.75 Å². The van der Waals surface area contributed by atoms with Gasteiger partial charge >= 0.3 is 0 Å². The molecule has 1 N–H and O–H groups in total. The monoisotopic (exact) mass is 280 g/mol. The average Bonchev–Trinajstić information content (AvgIpc) is 2.90. The highest BCUT2D eigenvalue weighted by Gasteiger charge is 2.12. The molecule has 2 rings (SSSR count). The SMILES string of the molecule is CCNC(C)c1cc(Cl)ccc1OCc1cnoc1. The fourth-order valence-electron chi connectivity index (χ4n) is 1.86. The van der Waals surface area contributed by atoms with Gasteiger partial charge in [0.05, 0.1) is 6.20 Å². The van der Waals surface area contributed by atoms with Crippen LogP contribution < -0.4 is 10.1 Å². The van der Waals surface area contributed by atoms with E-state index in [-0.39, 0.29) is 6.04 Å². The molecule has 0 aliphatic heterocycles. The van der Waals surface area contributed by atoms with Gasteiger partial charge in [-0.25, -0.2) is 0 Å². The molecule has 0 saturated carbocycles. The first kappa shape index (κ1) is 13.9. The number of halogens is 1. The van der Waals surface area contributed by atoms with Crippen molar-refractivity contribution in [2.75, 3.05) is 6.54 Å². The van der Waals surface area contributed by atoms with Gasteiger partial charge in [0.2, 0.25) is 0 Å². The second kappa shape index (κ2) is 6.59. The van der Waals surface area contributed by atoms with Gasteiger partial charge in [0.15, 0.2) is 0 Å². The van der Waals surface area contributed by atoms with Crippen molar-refractivity contribution >= 4 is 11.6 Å². The van der Waals surface area contributed by atoms with Crippen LogP contribution in [-0.2, 0) is 6.61 Å². The third-order valence-electron chi connectivity index (χ3n) is 2.83. The van der Waals surface area contributed by atoms with E-state index in [1.807, 2.05) is 18.2 Å². The van der Waals surface area contributed by atoms with E-state index in [0.29, 0.717) is 11.6 Å². The van der Waals surface area contributed by atoms with Gasteiger partial charge in [-0.05, 0) is 31.7 Å². The second-order valence-corrected chi connectivity index (χ2v) is 4.72. The third-order valence-corrected chi connectivity index (χ3v) is 3.06. The van der Waals surface area contributed by atoms with E-state index in [1.54, 1.807) is 12.5 Å². The molecule has 5 heteroatoms. The minimum absolute atomic E-state index is 0.182. The van der Waals surface area contributed by atoms with E-state index in [2.05, 4.69) is 24.3 Å². The summed E-state index contributed by atoms with van der Waals surface area (Å²) < 4.78 is 10.6. The standard InChI is InChI=1S/C14H17ClN2O2/c1-3-16-10(2)13-6-12(15)4-5-14(13)18-8-11-7-17-19-9-11/h4-7,9-10,16H,3,8H2,1-2H3. The Morgan fingerprint density at radius 3 is 3.00 bits per heavy atom. The molecule has 0 spiro atoms. The zero-order valence-electron chi connectivity index (χ0n) is 11.0. The van der Waals surface area contributed by atoms with Crippen LogP contribution in [-0.4, -0.2) is 11.7 Å². The van der Waals surface area contributed by atoms with Crippen molar-refractivity contribution in [2.45, 2.75) is 26.5 Å². The van der Waals surface area contributed by atoms with Crippen LogP contribution in [0, 0.1) is 0 Å². The second-order valence-electron chi connectivity index (χ2n) is 4.28. The van der Waals surface area contributed by atoms with Gasteiger partial charge in [-0.3, -0.25) is 0 Å². The summed E-state index contributed by atoms with van der Waals surface area (Å²) in [7, 11) is 0. The number of rotatable bonds is 6. The minimum Gasteiger partial charge on any atom is -0.488 e. The Hall–Kier alpha value is -1.52. The molecule has 0 bridgehead atoms. The van der Waals surface area contributed by atoms with E-state index in [9.17, 15) is 0 Å². The molecule has 1 aromatic carbocycles. The van der Waals surface area contributed by atoms with Crippen molar-refractivity contribution in [2.24, 2.45) is 0 Å². The summed E-state index contributed by atoms with van der Waals surface area (Å²) in [6, 6.07) is 5.82. The highest BCUT2D eigenvalue weighted by Crippen LogP contribution is 2.29. The van der Waals surface area contributed by atoms with Gasteiger partial charge in [0.1, 0.15) is 18.6 Å². The normalized spacial score (nSPS) is 12.4. The Kier molecular flexibility index (Phi) is 4.82. The summed E-state index contributed by atoms with van der Waals surface area (Å²) in [4.78, 5) is 0. The fourth-order valence-corrected chi connectivity index (χ4v) is 2.04. The molecule has 1 atom stereocenters. The van der Waals surface area contributed by atoms with Crippen LogP contribution >= 0.6 is 11.6 Å². The Morgan fingerprint density at radius 1 is 1.47 bits per heavy atom. The summed E-state index contributed by atoms with van der Waals surface area (Å²) in [6.07, 6.45) is 3.21. The van der Waals surface area contributed by atoms with Crippen LogP contribution in [0.3, 0.4) is 0 Å². The summed E-state index contributed by atoms with van der Waals surface area (Å²) in [6.45, 7) is 5.47. The molecule has 0 fully saturated rings. The zero-order valence-corrected chi connectivity index (χ0v) is 11.8. The number of benzene rings is 1. The maximum absolute atomic E-state index is 6.05. The van der Waals surface area contributed by atoms with Crippen molar-refractivity contribution < 1.29 is 9.26 Å². The van der Waals surface area contributed by atoms with Gasteiger partial charge in [-0.15, -0.1) is 0 Å². The molecule has 1 aromatic heterocycles. The largest absolute Gasteiger partial charge is 0.488 e. The molecule has 19 heavy (non-hydrogen) atoms. The molecular formula is C14H17ClN2O2. The smallest absolute Gasteiger partial charge is 0.130 e. The lowest BCUT2D eigenvalue weighted by Crippen LogP contribution is -2.18. The lowest BCUT2D eigenvalue weighted by molar-refractivity contribution is 0.298. The first-order valence-electron chi connectivity index (χ1n) is 6.24. The summed E-state index contributed by atoms with van der Waals surface area (Å²) in [5.74, 6) is 0.819. The van der Waals surface area contributed by atoms with E-state index >= 15 is 0 Å². The molecule has 1 heterocycles. The number of hydrogen-bond acceptors (Lipinski definition) is 4. The minimum atomic E-state index is 0.182. The number of nitrogens with zero attached hydrogens (tertiary/aromatic N) is 1. The maximum atomic E-state index is 6.05. The molecular weight excluding hydrogens is 264 g/mol. The Labute approximate surface area is 117 Å². The molecule has 102 valence electrons. The number of aromatic nitrogens is 1. The molecule has 0 aliphatic rings. The summed E-state index contributed by atoms with van der Waals surface area (Å²) >= 11 is 6.05. The number of nitrogens with one attached hydrogen (secondary N) is 1. The highest BCUT2D eigenvalue weighted by atomic mass is 35.5. The Morgan fingerprint density at radius 2 is 2.32 bits per heavy atom. The average molecular weight is 281 g/mol. The first-order chi connectivity index (χ1) is 9.20. The number of hydrogen-bond donors (Lipinski definition) is 1. The zero-order chi connectivity index (χ0) is 13.7. The van der Waals surface area contributed by atoms with Crippen molar-refractivity contribution in [1.82, 2.24) is 10.5 Å². The fraction of sp³-hybridized carbons (Fsp3) is 0.357. The predicted octanol–water partition coefficient (Wildman–Crippen LogP) is 3.58. The molecule has 1 unspecified atom stereocenters. The van der Waals surface area contributed by atoms with Crippen LogP contribution in [0.15, 0.2) is 35.2 Å². The van der Waals surface area contributed by atoms with E-state index in [0.717, 1.165) is 23.4 Å². The van der Waals surface area contributed by atoms with Gasteiger partial charge in [-0.2, -0.15) is 0 Å². The topological polar surface area (TPSA) is 47.3 Å². The van der Waals surface area contributed by atoms with Crippen LogP contribution in [0.25, 0.3) is 0 Å². The molecule has 0 saturated heterocycles. The van der Waals surface area contributed by atoms with E-state index in [4.69, 9.17) is 20.9 Å². The first-order valence-corrected chi connectivity index (χ1v) is 6.62. The van der Waals surface area contributed by atoms with E-state index in [1.165, 1.54) is 0 Å². The van der Waals surface area contributed by atoms with Crippen LogP contribution in [0.2, 0.25) is 5.02 Å². The van der Waals surface area contributed by atoms with E-state index < -0.39 is 0 Å². The molecule has 0 aliphatic carbocycles. The predicted molar refractivity (Wildman–Crippen MR) is 74.4 cm³/mol. The Bertz CT molecular complexity index is 514. The molecule has 0 amide bonds. The quantitative estimate of drug-likeness (QED) is 0.879. The van der Waals surface area contributed by atoms with Gasteiger partial charge in [0.25, 0.3) is 0 Å². The lowest BCUT2D eigenvalue weighted by Gasteiger charge is -2.17. The van der Waals surface area contributed by atoms with Crippen LogP contribution in [0.4, 0.5) is 0 Å². The van der Waals surface area contributed by atoms with Gasteiger partial charge in [0, 0.05) is 22.2 Å².